The molecule has 0 bridgehead atoms. The normalized spacial score (nSPS) is 11.9. The number of halogens is 1. The van der Waals surface area contributed by atoms with Crippen molar-refractivity contribution in [2.24, 2.45) is 0 Å². The van der Waals surface area contributed by atoms with Gasteiger partial charge in [-0.2, -0.15) is 4.39 Å². The van der Waals surface area contributed by atoms with Gasteiger partial charge in [0, 0.05) is 17.7 Å². The fraction of sp³-hybridized carbons (Fsp3) is 0.143. The largest absolute Gasteiger partial charge is 0.457 e. The van der Waals surface area contributed by atoms with Gasteiger partial charge in [0.15, 0.2) is 0 Å². The van der Waals surface area contributed by atoms with Crippen LogP contribution in [0.3, 0.4) is 0 Å². The zero-order valence-corrected chi connectivity index (χ0v) is 10.6. The summed E-state index contributed by atoms with van der Waals surface area (Å²) in [6, 6.07) is 10.0. The van der Waals surface area contributed by atoms with Crippen molar-refractivity contribution in [1.82, 2.24) is 0 Å². The van der Waals surface area contributed by atoms with Crippen LogP contribution in [0.25, 0.3) is 0 Å². The van der Waals surface area contributed by atoms with Crippen LogP contribution in [0.5, 0.6) is 11.5 Å². The molecule has 0 aliphatic carbocycles. The average Bonchev–Trinajstić information content (AvgIpc) is 2.38. The molecule has 0 fully saturated rings. The van der Waals surface area contributed by atoms with E-state index in [1.54, 1.807) is 31.2 Å². The SMILES string of the molecule is C[C@H](O)c1ccccc1Oc1ccc([N+](=O)[O-])c(F)c1. The lowest BCUT2D eigenvalue weighted by atomic mass is 10.1. The number of aliphatic hydroxyl groups excluding tert-OH is 1. The van der Waals surface area contributed by atoms with Crippen molar-refractivity contribution in [3.8, 4) is 11.5 Å². The van der Waals surface area contributed by atoms with Gasteiger partial charge < -0.3 is 9.84 Å². The van der Waals surface area contributed by atoms with Crippen LogP contribution in [0.15, 0.2) is 42.5 Å². The molecule has 1 atom stereocenters. The minimum Gasteiger partial charge on any atom is -0.457 e. The number of benzene rings is 2. The molecule has 0 aliphatic heterocycles. The second-order valence-corrected chi connectivity index (χ2v) is 4.19. The van der Waals surface area contributed by atoms with Crippen LogP contribution < -0.4 is 4.74 Å². The van der Waals surface area contributed by atoms with Gasteiger partial charge in [-0.1, -0.05) is 18.2 Å². The van der Waals surface area contributed by atoms with E-state index < -0.39 is 22.5 Å². The van der Waals surface area contributed by atoms with Gasteiger partial charge in [-0.3, -0.25) is 10.1 Å². The van der Waals surface area contributed by atoms with E-state index in [9.17, 15) is 19.6 Å². The van der Waals surface area contributed by atoms with E-state index in [1.165, 1.54) is 6.07 Å². The molecule has 0 saturated carbocycles. The average molecular weight is 277 g/mol. The van der Waals surface area contributed by atoms with E-state index in [4.69, 9.17) is 4.74 Å². The van der Waals surface area contributed by atoms with Crippen LogP contribution in [0, 0.1) is 15.9 Å². The Labute approximate surface area is 114 Å². The Hall–Kier alpha value is -2.47. The van der Waals surface area contributed by atoms with Crippen molar-refractivity contribution in [2.75, 3.05) is 0 Å². The van der Waals surface area contributed by atoms with E-state index in [-0.39, 0.29) is 5.75 Å². The fourth-order valence-corrected chi connectivity index (χ4v) is 1.74. The molecule has 2 aromatic carbocycles. The summed E-state index contributed by atoms with van der Waals surface area (Å²) in [7, 11) is 0. The van der Waals surface area contributed by atoms with Crippen molar-refractivity contribution >= 4 is 5.69 Å². The highest BCUT2D eigenvalue weighted by atomic mass is 19.1. The van der Waals surface area contributed by atoms with E-state index in [1.807, 2.05) is 0 Å². The van der Waals surface area contributed by atoms with Crippen LogP contribution in [-0.2, 0) is 0 Å². The van der Waals surface area contributed by atoms with Crippen molar-refractivity contribution < 1.29 is 19.2 Å². The van der Waals surface area contributed by atoms with Crippen molar-refractivity contribution in [3.05, 3.63) is 64.0 Å². The minimum atomic E-state index is -0.970. The van der Waals surface area contributed by atoms with Gasteiger partial charge in [0.25, 0.3) is 0 Å². The molecule has 0 radical (unpaired) electrons. The Kier molecular flexibility index (Phi) is 3.95. The summed E-state index contributed by atoms with van der Waals surface area (Å²) in [5.41, 5.74) is -0.0626. The standard InChI is InChI=1S/C14H12FNO4/c1-9(17)11-4-2-3-5-14(11)20-10-6-7-13(16(18)19)12(15)8-10/h2-9,17H,1H3/t9-/m0/s1. The third-order valence-electron chi connectivity index (χ3n) is 2.71. The first-order valence-corrected chi connectivity index (χ1v) is 5.88. The Morgan fingerprint density at radius 2 is 2.00 bits per heavy atom. The molecule has 104 valence electrons. The smallest absolute Gasteiger partial charge is 0.305 e. The zero-order chi connectivity index (χ0) is 14.7. The maximum absolute atomic E-state index is 13.5. The first-order valence-electron chi connectivity index (χ1n) is 5.88. The van der Waals surface area contributed by atoms with E-state index in [0.29, 0.717) is 11.3 Å². The number of rotatable bonds is 4. The highest BCUT2D eigenvalue weighted by molar-refractivity contribution is 5.42. The molecule has 6 heteroatoms. The summed E-state index contributed by atoms with van der Waals surface area (Å²) in [5.74, 6) is -0.473. The zero-order valence-electron chi connectivity index (χ0n) is 10.6. The molecule has 0 aliphatic rings. The molecule has 2 rings (SSSR count). The van der Waals surface area contributed by atoms with Crippen LogP contribution in [0.1, 0.15) is 18.6 Å². The summed E-state index contributed by atoms with van der Waals surface area (Å²) in [6.45, 7) is 1.58. The molecule has 20 heavy (non-hydrogen) atoms. The second-order valence-electron chi connectivity index (χ2n) is 4.19. The Morgan fingerprint density at radius 1 is 1.30 bits per heavy atom. The summed E-state index contributed by atoms with van der Waals surface area (Å²) in [4.78, 5) is 9.72. The number of nitrogens with zero attached hydrogens (tertiary/aromatic N) is 1. The molecule has 0 unspecified atom stereocenters. The fourth-order valence-electron chi connectivity index (χ4n) is 1.74. The number of hydrogen-bond donors (Lipinski definition) is 1. The maximum Gasteiger partial charge on any atom is 0.305 e. The predicted molar refractivity (Wildman–Crippen MR) is 70.2 cm³/mol. The van der Waals surface area contributed by atoms with Crippen LogP contribution in [0.2, 0.25) is 0 Å². The predicted octanol–water partition coefficient (Wildman–Crippen LogP) is 3.58. The quantitative estimate of drug-likeness (QED) is 0.684. The lowest BCUT2D eigenvalue weighted by molar-refractivity contribution is -0.387. The summed E-state index contributed by atoms with van der Waals surface area (Å²) >= 11 is 0. The molecule has 1 N–H and O–H groups in total. The number of para-hydroxylation sites is 1. The Morgan fingerprint density at radius 3 is 2.60 bits per heavy atom. The summed E-state index contributed by atoms with van der Waals surface area (Å²) in [6.07, 6.45) is -0.742. The van der Waals surface area contributed by atoms with E-state index >= 15 is 0 Å². The molecule has 0 spiro atoms. The lowest BCUT2D eigenvalue weighted by Crippen LogP contribution is -1.97. The Balaban J connectivity index is 2.31. The van der Waals surface area contributed by atoms with Gasteiger partial charge in [-0.05, 0) is 19.1 Å². The van der Waals surface area contributed by atoms with Gasteiger partial charge in [-0.25, -0.2) is 0 Å². The summed E-state index contributed by atoms with van der Waals surface area (Å²) in [5, 5.41) is 20.1. The van der Waals surface area contributed by atoms with Crippen LogP contribution in [-0.4, -0.2) is 10.0 Å². The number of nitro groups is 1. The Bertz CT molecular complexity index is 643. The van der Waals surface area contributed by atoms with Gasteiger partial charge in [0.05, 0.1) is 11.0 Å². The van der Waals surface area contributed by atoms with Gasteiger partial charge in [-0.15, -0.1) is 0 Å². The first-order chi connectivity index (χ1) is 9.49. The highest BCUT2D eigenvalue weighted by Gasteiger charge is 2.15. The number of nitro benzene ring substituents is 1. The molecule has 0 heterocycles. The maximum atomic E-state index is 13.5. The van der Waals surface area contributed by atoms with E-state index in [2.05, 4.69) is 0 Å². The topological polar surface area (TPSA) is 72.6 Å². The van der Waals surface area contributed by atoms with Crippen LogP contribution in [0.4, 0.5) is 10.1 Å². The van der Waals surface area contributed by atoms with Crippen LogP contribution >= 0.6 is 0 Å². The van der Waals surface area contributed by atoms with Gasteiger partial charge in [0.1, 0.15) is 11.5 Å². The molecule has 0 aromatic heterocycles. The molecule has 2 aromatic rings. The van der Waals surface area contributed by atoms with E-state index in [0.717, 1.165) is 12.1 Å². The number of ether oxygens (including phenoxy) is 1. The van der Waals surface area contributed by atoms with Gasteiger partial charge >= 0.3 is 5.69 Å². The number of hydrogen-bond acceptors (Lipinski definition) is 4. The molecular weight excluding hydrogens is 265 g/mol. The van der Waals surface area contributed by atoms with Crippen molar-refractivity contribution in [3.63, 3.8) is 0 Å². The molecule has 0 saturated heterocycles. The molecule has 0 amide bonds. The number of aliphatic hydroxyl groups is 1. The second kappa shape index (κ2) is 5.66. The third-order valence-corrected chi connectivity index (χ3v) is 2.71. The summed E-state index contributed by atoms with van der Waals surface area (Å²) < 4.78 is 19.0. The van der Waals surface area contributed by atoms with Gasteiger partial charge in [0.2, 0.25) is 5.82 Å². The highest BCUT2D eigenvalue weighted by Crippen LogP contribution is 2.31. The minimum absolute atomic E-state index is 0.126. The molecular formula is C14H12FNO4. The van der Waals surface area contributed by atoms with Crippen molar-refractivity contribution in [2.45, 2.75) is 13.0 Å². The first kappa shape index (κ1) is 14.0. The lowest BCUT2D eigenvalue weighted by Gasteiger charge is -2.12. The third kappa shape index (κ3) is 2.92. The van der Waals surface area contributed by atoms with Crippen molar-refractivity contribution in [1.29, 1.82) is 0 Å². The molecule has 5 nitrogen and oxygen atoms in total. The monoisotopic (exact) mass is 277 g/mol.